The van der Waals surface area contributed by atoms with E-state index in [9.17, 15) is 5.11 Å². The van der Waals surface area contributed by atoms with Crippen LogP contribution in [0.3, 0.4) is 0 Å². The number of methoxy groups -OCH3 is 2. The Labute approximate surface area is 113 Å². The molecule has 1 saturated carbocycles. The fourth-order valence-electron chi connectivity index (χ4n) is 2.32. The minimum Gasteiger partial charge on any atom is -0.481 e. The van der Waals surface area contributed by atoms with Crippen molar-refractivity contribution in [3.8, 4) is 11.8 Å². The van der Waals surface area contributed by atoms with E-state index in [4.69, 9.17) is 9.47 Å². The molecule has 0 amide bonds. The second-order valence-electron chi connectivity index (χ2n) is 4.91. The van der Waals surface area contributed by atoms with Crippen LogP contribution in [-0.2, 0) is 0 Å². The molecular formula is C13H21N3O3. The molecule has 1 aromatic heterocycles. The van der Waals surface area contributed by atoms with Gasteiger partial charge >= 0.3 is 0 Å². The van der Waals surface area contributed by atoms with Crippen LogP contribution in [0.5, 0.6) is 11.8 Å². The summed E-state index contributed by atoms with van der Waals surface area (Å²) in [4.78, 5) is 8.36. The van der Waals surface area contributed by atoms with Crippen molar-refractivity contribution in [2.45, 2.75) is 37.7 Å². The molecule has 6 heteroatoms. The summed E-state index contributed by atoms with van der Waals surface area (Å²) in [6, 6.07) is 1.61. The summed E-state index contributed by atoms with van der Waals surface area (Å²) in [5, 5.41) is 13.5. The highest BCUT2D eigenvalue weighted by atomic mass is 16.5. The lowest BCUT2D eigenvalue weighted by Gasteiger charge is -2.32. The molecule has 1 aliphatic rings. The molecule has 1 aliphatic carbocycles. The van der Waals surface area contributed by atoms with E-state index in [1.54, 1.807) is 20.3 Å². The van der Waals surface area contributed by atoms with Crippen molar-refractivity contribution in [2.24, 2.45) is 0 Å². The van der Waals surface area contributed by atoms with Gasteiger partial charge in [-0.15, -0.1) is 0 Å². The molecule has 19 heavy (non-hydrogen) atoms. The van der Waals surface area contributed by atoms with Crippen molar-refractivity contribution in [3.63, 3.8) is 0 Å². The summed E-state index contributed by atoms with van der Waals surface area (Å²) >= 11 is 0. The minimum absolute atomic E-state index is 0.412. The van der Waals surface area contributed by atoms with Gasteiger partial charge in [0.1, 0.15) is 0 Å². The Kier molecular flexibility index (Phi) is 4.42. The van der Waals surface area contributed by atoms with Crippen molar-refractivity contribution < 1.29 is 14.6 Å². The number of nitrogens with zero attached hydrogens (tertiary/aromatic N) is 2. The molecule has 1 aromatic rings. The lowest BCUT2D eigenvalue weighted by Crippen LogP contribution is -2.39. The Balaban J connectivity index is 2.02. The highest BCUT2D eigenvalue weighted by Crippen LogP contribution is 2.28. The number of hydrogen-bond donors (Lipinski definition) is 2. The fraction of sp³-hybridized carbons (Fsp3) is 0.692. The molecule has 0 bridgehead atoms. The highest BCUT2D eigenvalue weighted by molar-refractivity contribution is 5.34. The number of anilines is 1. The molecule has 0 atom stereocenters. The van der Waals surface area contributed by atoms with Crippen LogP contribution in [0.4, 0.5) is 5.95 Å². The van der Waals surface area contributed by atoms with Crippen LogP contribution in [0.25, 0.3) is 0 Å². The van der Waals surface area contributed by atoms with Crippen molar-refractivity contribution in [1.29, 1.82) is 0 Å². The smallest absolute Gasteiger partial charge is 0.229 e. The Morgan fingerprint density at radius 1 is 1.16 bits per heavy atom. The molecule has 2 N–H and O–H groups in total. The average molecular weight is 267 g/mol. The van der Waals surface area contributed by atoms with E-state index < -0.39 is 5.60 Å². The number of ether oxygens (including phenoxy) is 2. The number of rotatable bonds is 5. The van der Waals surface area contributed by atoms with Crippen molar-refractivity contribution >= 4 is 5.95 Å². The first-order valence-corrected chi connectivity index (χ1v) is 6.58. The summed E-state index contributed by atoms with van der Waals surface area (Å²) < 4.78 is 10.2. The largest absolute Gasteiger partial charge is 0.481 e. The van der Waals surface area contributed by atoms with Gasteiger partial charge in [-0.1, -0.05) is 19.3 Å². The highest BCUT2D eigenvalue weighted by Gasteiger charge is 2.29. The molecule has 0 radical (unpaired) electrons. The van der Waals surface area contributed by atoms with E-state index in [1.165, 1.54) is 6.42 Å². The van der Waals surface area contributed by atoms with Crippen LogP contribution < -0.4 is 14.8 Å². The molecule has 1 fully saturated rings. The van der Waals surface area contributed by atoms with Crippen LogP contribution in [0.2, 0.25) is 0 Å². The van der Waals surface area contributed by atoms with Crippen LogP contribution >= 0.6 is 0 Å². The van der Waals surface area contributed by atoms with E-state index in [0.717, 1.165) is 25.7 Å². The molecule has 1 heterocycles. The lowest BCUT2D eigenvalue weighted by atomic mass is 9.85. The van der Waals surface area contributed by atoms with Crippen LogP contribution in [-0.4, -0.2) is 41.4 Å². The fourth-order valence-corrected chi connectivity index (χ4v) is 2.32. The van der Waals surface area contributed by atoms with E-state index in [2.05, 4.69) is 15.3 Å². The maximum atomic E-state index is 10.4. The van der Waals surface area contributed by atoms with Crippen LogP contribution in [0.1, 0.15) is 32.1 Å². The first-order chi connectivity index (χ1) is 9.15. The predicted octanol–water partition coefficient (Wildman–Crippen LogP) is 1.60. The van der Waals surface area contributed by atoms with Crippen molar-refractivity contribution in [3.05, 3.63) is 6.07 Å². The SMILES string of the molecule is COc1cc(OC)nc(NCC2(O)CCCCC2)n1. The van der Waals surface area contributed by atoms with E-state index in [1.807, 2.05) is 0 Å². The summed E-state index contributed by atoms with van der Waals surface area (Å²) in [6.07, 6.45) is 4.98. The third-order valence-corrected chi connectivity index (χ3v) is 3.46. The number of aliphatic hydroxyl groups is 1. The van der Waals surface area contributed by atoms with Gasteiger partial charge in [0.05, 0.1) is 25.9 Å². The molecule has 0 unspecified atom stereocenters. The molecule has 106 valence electrons. The van der Waals surface area contributed by atoms with Gasteiger partial charge in [-0.3, -0.25) is 0 Å². The van der Waals surface area contributed by atoms with Gasteiger partial charge in [0.15, 0.2) is 0 Å². The molecule has 0 spiro atoms. The summed E-state index contributed by atoms with van der Waals surface area (Å²) in [5.74, 6) is 1.28. The first kappa shape index (κ1) is 13.9. The van der Waals surface area contributed by atoms with Gasteiger partial charge in [-0.2, -0.15) is 9.97 Å². The summed E-state index contributed by atoms with van der Waals surface area (Å²) in [5.41, 5.74) is -0.655. The quantitative estimate of drug-likeness (QED) is 0.844. The lowest BCUT2D eigenvalue weighted by molar-refractivity contribution is 0.0165. The predicted molar refractivity (Wildman–Crippen MR) is 71.7 cm³/mol. The molecule has 0 aromatic carbocycles. The van der Waals surface area contributed by atoms with Gasteiger partial charge < -0.3 is 19.9 Å². The molecule has 6 nitrogen and oxygen atoms in total. The Hall–Kier alpha value is -1.56. The first-order valence-electron chi connectivity index (χ1n) is 6.58. The Bertz CT molecular complexity index is 397. The third-order valence-electron chi connectivity index (χ3n) is 3.46. The Morgan fingerprint density at radius 3 is 2.26 bits per heavy atom. The van der Waals surface area contributed by atoms with Crippen molar-refractivity contribution in [1.82, 2.24) is 9.97 Å². The van der Waals surface area contributed by atoms with Crippen LogP contribution in [0, 0.1) is 0 Å². The van der Waals surface area contributed by atoms with E-state index in [-0.39, 0.29) is 0 Å². The Morgan fingerprint density at radius 2 is 1.74 bits per heavy atom. The van der Waals surface area contributed by atoms with Crippen molar-refractivity contribution in [2.75, 3.05) is 26.1 Å². The van der Waals surface area contributed by atoms with Gasteiger partial charge in [0, 0.05) is 6.54 Å². The maximum absolute atomic E-state index is 10.4. The molecule has 2 rings (SSSR count). The van der Waals surface area contributed by atoms with Gasteiger partial charge in [-0.05, 0) is 12.8 Å². The number of hydrogen-bond acceptors (Lipinski definition) is 6. The molecule has 0 saturated heterocycles. The third kappa shape index (κ3) is 3.70. The number of aromatic nitrogens is 2. The maximum Gasteiger partial charge on any atom is 0.229 e. The monoisotopic (exact) mass is 267 g/mol. The topological polar surface area (TPSA) is 76.5 Å². The molecule has 0 aliphatic heterocycles. The second-order valence-corrected chi connectivity index (χ2v) is 4.91. The van der Waals surface area contributed by atoms with E-state index >= 15 is 0 Å². The normalized spacial score (nSPS) is 17.8. The molecular weight excluding hydrogens is 246 g/mol. The van der Waals surface area contributed by atoms with Gasteiger partial charge in [-0.25, -0.2) is 0 Å². The number of nitrogens with one attached hydrogen (secondary N) is 1. The zero-order chi connectivity index (χ0) is 13.7. The van der Waals surface area contributed by atoms with Gasteiger partial charge in [0.25, 0.3) is 0 Å². The van der Waals surface area contributed by atoms with Crippen LogP contribution in [0.15, 0.2) is 6.07 Å². The standard InChI is InChI=1S/C13H21N3O3/c1-18-10-8-11(19-2)16-12(15-10)14-9-13(17)6-4-3-5-7-13/h8,17H,3-7,9H2,1-2H3,(H,14,15,16). The van der Waals surface area contributed by atoms with Gasteiger partial charge in [0.2, 0.25) is 17.7 Å². The zero-order valence-corrected chi connectivity index (χ0v) is 11.5. The second kappa shape index (κ2) is 6.06. The summed E-state index contributed by atoms with van der Waals surface area (Å²) in [7, 11) is 3.08. The minimum atomic E-state index is -0.655. The zero-order valence-electron chi connectivity index (χ0n) is 11.5. The summed E-state index contributed by atoms with van der Waals surface area (Å²) in [6.45, 7) is 0.448. The van der Waals surface area contributed by atoms with E-state index in [0.29, 0.717) is 24.3 Å². The average Bonchev–Trinajstić information content (AvgIpc) is 2.45.